The number of rotatable bonds is 5. The van der Waals surface area contributed by atoms with Crippen LogP contribution in [0.4, 0.5) is 5.69 Å². The van der Waals surface area contributed by atoms with Crippen molar-refractivity contribution >= 4 is 27.5 Å². The van der Waals surface area contributed by atoms with Gasteiger partial charge in [0, 0.05) is 16.4 Å². The number of amides is 1. The zero-order chi connectivity index (χ0) is 18.5. The molecule has 0 saturated carbocycles. The van der Waals surface area contributed by atoms with E-state index in [2.05, 4.69) is 28.2 Å². The number of benzene rings is 2. The van der Waals surface area contributed by atoms with Crippen molar-refractivity contribution in [2.45, 2.75) is 19.9 Å². The number of carbonyl (C=O) groups excluding carboxylic acids is 1. The highest BCUT2D eigenvalue weighted by Gasteiger charge is 2.12. The minimum atomic E-state index is -0.399. The van der Waals surface area contributed by atoms with E-state index in [1.807, 2.05) is 48.5 Å². The van der Waals surface area contributed by atoms with E-state index in [9.17, 15) is 9.59 Å². The molecule has 0 aliphatic carbocycles. The smallest absolute Gasteiger partial charge is 0.263 e. The van der Waals surface area contributed by atoms with Crippen LogP contribution in [0.2, 0.25) is 0 Å². The Morgan fingerprint density at radius 2 is 1.65 bits per heavy atom. The fraction of sp³-hybridized carbons (Fsp3) is 0.143. The zero-order valence-electron chi connectivity index (χ0n) is 14.4. The summed E-state index contributed by atoms with van der Waals surface area (Å²) in [4.78, 5) is 25.2. The Hall–Kier alpha value is -2.66. The second-order valence-corrected chi connectivity index (χ2v) is 6.90. The van der Waals surface area contributed by atoms with Gasteiger partial charge in [-0.15, -0.1) is 0 Å². The SMILES string of the molecule is CCc1ccc(NC(=O)c2cccn(Cc3ccc(Br)cc3)c2=O)cc1. The van der Waals surface area contributed by atoms with Crippen LogP contribution in [0.25, 0.3) is 0 Å². The molecule has 1 amide bonds. The average Bonchev–Trinajstić information content (AvgIpc) is 2.66. The molecule has 1 N–H and O–H groups in total. The molecule has 26 heavy (non-hydrogen) atoms. The maximum Gasteiger partial charge on any atom is 0.263 e. The lowest BCUT2D eigenvalue weighted by Crippen LogP contribution is -2.29. The number of aryl methyl sites for hydroxylation is 1. The van der Waals surface area contributed by atoms with E-state index in [-0.39, 0.29) is 11.1 Å². The lowest BCUT2D eigenvalue weighted by atomic mass is 10.1. The number of aromatic nitrogens is 1. The molecule has 0 atom stereocenters. The van der Waals surface area contributed by atoms with Crippen LogP contribution < -0.4 is 10.9 Å². The molecule has 0 aliphatic heterocycles. The molecule has 0 radical (unpaired) electrons. The second-order valence-electron chi connectivity index (χ2n) is 5.99. The summed E-state index contributed by atoms with van der Waals surface area (Å²) in [6, 6.07) is 18.6. The number of anilines is 1. The predicted octanol–water partition coefficient (Wildman–Crippen LogP) is 4.47. The molecule has 2 aromatic carbocycles. The molecule has 0 aliphatic rings. The van der Waals surface area contributed by atoms with Crippen molar-refractivity contribution in [3.05, 3.63) is 98.4 Å². The zero-order valence-corrected chi connectivity index (χ0v) is 16.0. The summed E-state index contributed by atoms with van der Waals surface area (Å²) < 4.78 is 2.52. The quantitative estimate of drug-likeness (QED) is 0.674. The third-order valence-electron chi connectivity index (χ3n) is 4.15. The van der Waals surface area contributed by atoms with Gasteiger partial charge in [0.25, 0.3) is 11.5 Å². The summed E-state index contributed by atoms with van der Waals surface area (Å²) in [5.41, 5.74) is 2.68. The number of hydrogen-bond donors (Lipinski definition) is 1. The lowest BCUT2D eigenvalue weighted by Gasteiger charge is -2.09. The summed E-state index contributed by atoms with van der Waals surface area (Å²) in [5.74, 6) is -0.399. The van der Waals surface area contributed by atoms with Gasteiger partial charge in [-0.25, -0.2) is 0 Å². The molecule has 0 bridgehead atoms. The van der Waals surface area contributed by atoms with E-state index >= 15 is 0 Å². The van der Waals surface area contributed by atoms with Gasteiger partial charge in [0.05, 0.1) is 6.54 Å². The Bertz CT molecular complexity index is 961. The van der Waals surface area contributed by atoms with Crippen LogP contribution in [0.3, 0.4) is 0 Å². The molecule has 5 heteroatoms. The van der Waals surface area contributed by atoms with Gasteiger partial charge in [-0.1, -0.05) is 47.1 Å². The summed E-state index contributed by atoms with van der Waals surface area (Å²) in [7, 11) is 0. The maximum absolute atomic E-state index is 12.7. The van der Waals surface area contributed by atoms with E-state index in [1.165, 1.54) is 5.56 Å². The van der Waals surface area contributed by atoms with Gasteiger partial charge in [-0.05, 0) is 53.9 Å². The first-order chi connectivity index (χ1) is 12.6. The normalized spacial score (nSPS) is 10.5. The van der Waals surface area contributed by atoms with Crippen molar-refractivity contribution < 1.29 is 4.79 Å². The van der Waals surface area contributed by atoms with Crippen molar-refractivity contribution in [2.75, 3.05) is 5.32 Å². The summed E-state index contributed by atoms with van der Waals surface area (Å²) >= 11 is 3.40. The van der Waals surface area contributed by atoms with Crippen LogP contribution >= 0.6 is 15.9 Å². The van der Waals surface area contributed by atoms with Gasteiger partial charge in [0.15, 0.2) is 0 Å². The second kappa shape index (κ2) is 8.15. The Balaban J connectivity index is 1.80. The van der Waals surface area contributed by atoms with E-state index in [0.29, 0.717) is 12.2 Å². The molecule has 0 fully saturated rings. The Labute approximate surface area is 160 Å². The first-order valence-corrected chi connectivity index (χ1v) is 9.20. The highest BCUT2D eigenvalue weighted by molar-refractivity contribution is 9.10. The van der Waals surface area contributed by atoms with Crippen LogP contribution in [0, 0.1) is 0 Å². The van der Waals surface area contributed by atoms with Crippen LogP contribution in [-0.4, -0.2) is 10.5 Å². The minimum absolute atomic E-state index is 0.129. The monoisotopic (exact) mass is 410 g/mol. The van der Waals surface area contributed by atoms with Crippen LogP contribution in [0.1, 0.15) is 28.4 Å². The first-order valence-electron chi connectivity index (χ1n) is 8.41. The fourth-order valence-corrected chi connectivity index (χ4v) is 2.91. The first kappa shape index (κ1) is 18.1. The summed E-state index contributed by atoms with van der Waals surface area (Å²) in [6.07, 6.45) is 2.63. The number of hydrogen-bond acceptors (Lipinski definition) is 2. The number of pyridine rings is 1. The molecule has 132 valence electrons. The van der Waals surface area contributed by atoms with Gasteiger partial charge in [0.1, 0.15) is 5.56 Å². The van der Waals surface area contributed by atoms with Crippen molar-refractivity contribution in [1.82, 2.24) is 4.57 Å². The van der Waals surface area contributed by atoms with Crippen LogP contribution in [-0.2, 0) is 13.0 Å². The standard InChI is InChI=1S/C21H19BrN2O2/c1-2-15-7-11-18(12-8-15)23-20(25)19-4-3-13-24(21(19)26)14-16-5-9-17(22)10-6-16/h3-13H,2,14H2,1H3,(H,23,25). The number of nitrogens with one attached hydrogen (secondary N) is 1. The van der Waals surface area contributed by atoms with Gasteiger partial charge < -0.3 is 9.88 Å². The molecule has 0 spiro atoms. The van der Waals surface area contributed by atoms with Crippen LogP contribution in [0.15, 0.2) is 76.1 Å². The molecule has 0 unspecified atom stereocenters. The fourth-order valence-electron chi connectivity index (χ4n) is 2.64. The van der Waals surface area contributed by atoms with E-state index in [0.717, 1.165) is 16.5 Å². The largest absolute Gasteiger partial charge is 0.322 e. The highest BCUT2D eigenvalue weighted by Crippen LogP contribution is 2.12. The van der Waals surface area contributed by atoms with E-state index < -0.39 is 5.91 Å². The van der Waals surface area contributed by atoms with Crippen molar-refractivity contribution in [1.29, 1.82) is 0 Å². The Morgan fingerprint density at radius 3 is 2.31 bits per heavy atom. The predicted molar refractivity (Wildman–Crippen MR) is 108 cm³/mol. The van der Waals surface area contributed by atoms with E-state index in [1.54, 1.807) is 22.9 Å². The van der Waals surface area contributed by atoms with Gasteiger partial charge in [-0.3, -0.25) is 9.59 Å². The van der Waals surface area contributed by atoms with Crippen molar-refractivity contribution in [2.24, 2.45) is 0 Å². The summed E-state index contributed by atoms with van der Waals surface area (Å²) in [5, 5.41) is 2.79. The molecule has 1 aromatic heterocycles. The molecular weight excluding hydrogens is 392 g/mol. The number of nitrogens with zero attached hydrogens (tertiary/aromatic N) is 1. The topological polar surface area (TPSA) is 51.1 Å². The van der Waals surface area contributed by atoms with Crippen molar-refractivity contribution in [3.8, 4) is 0 Å². The molecule has 1 heterocycles. The molecule has 3 rings (SSSR count). The molecular formula is C21H19BrN2O2. The minimum Gasteiger partial charge on any atom is -0.322 e. The lowest BCUT2D eigenvalue weighted by molar-refractivity contribution is 0.102. The molecule has 0 saturated heterocycles. The van der Waals surface area contributed by atoms with E-state index in [4.69, 9.17) is 0 Å². The van der Waals surface area contributed by atoms with Gasteiger partial charge in [-0.2, -0.15) is 0 Å². The third-order valence-corrected chi connectivity index (χ3v) is 4.68. The van der Waals surface area contributed by atoms with Gasteiger partial charge >= 0.3 is 0 Å². The number of halogens is 1. The Kier molecular flexibility index (Phi) is 5.68. The summed E-state index contributed by atoms with van der Waals surface area (Å²) in [6.45, 7) is 2.49. The molecule has 4 nitrogen and oxygen atoms in total. The van der Waals surface area contributed by atoms with Crippen LogP contribution in [0.5, 0.6) is 0 Å². The Morgan fingerprint density at radius 1 is 1.00 bits per heavy atom. The maximum atomic E-state index is 12.7. The molecule has 3 aromatic rings. The average molecular weight is 411 g/mol. The third kappa shape index (κ3) is 4.29. The van der Waals surface area contributed by atoms with Gasteiger partial charge in [0.2, 0.25) is 0 Å². The number of carbonyl (C=O) groups is 1. The van der Waals surface area contributed by atoms with Crippen molar-refractivity contribution in [3.63, 3.8) is 0 Å². The highest BCUT2D eigenvalue weighted by atomic mass is 79.9.